The molecule has 1 aliphatic heterocycles. The van der Waals surface area contributed by atoms with E-state index in [9.17, 15) is 0 Å². The van der Waals surface area contributed by atoms with E-state index in [1.165, 1.54) is 4.88 Å². The van der Waals surface area contributed by atoms with Gasteiger partial charge in [-0.05, 0) is 19.1 Å². The van der Waals surface area contributed by atoms with Crippen molar-refractivity contribution < 1.29 is 4.74 Å². The van der Waals surface area contributed by atoms with Crippen LogP contribution >= 0.6 is 11.3 Å². The normalized spacial score (nSPS) is 18.0. The number of aryl methyl sites for hydroxylation is 1. The monoisotopic (exact) mass is 249 g/mol. The van der Waals surface area contributed by atoms with E-state index in [4.69, 9.17) is 10.5 Å². The van der Waals surface area contributed by atoms with Gasteiger partial charge < -0.3 is 15.5 Å². The summed E-state index contributed by atoms with van der Waals surface area (Å²) in [6.07, 6.45) is 1.91. The molecule has 1 aliphatic rings. The third-order valence-corrected chi connectivity index (χ3v) is 4.69. The van der Waals surface area contributed by atoms with Crippen molar-refractivity contribution in [2.75, 3.05) is 19.8 Å². The fourth-order valence-corrected chi connectivity index (χ4v) is 3.38. The third-order valence-electron chi connectivity index (χ3n) is 3.25. The molecule has 0 amide bonds. The maximum atomic E-state index is 5.89. The number of nitrogens with one attached hydrogen (secondary N) is 1. The van der Waals surface area contributed by atoms with Crippen LogP contribution in [0.1, 0.15) is 10.6 Å². The van der Waals surface area contributed by atoms with E-state index in [1.807, 2.05) is 25.3 Å². The molecule has 2 aromatic rings. The van der Waals surface area contributed by atoms with Crippen molar-refractivity contribution in [1.29, 1.82) is 0 Å². The summed E-state index contributed by atoms with van der Waals surface area (Å²) >= 11 is 1.72. The Balaban J connectivity index is 2.02. The summed E-state index contributed by atoms with van der Waals surface area (Å²) in [5, 5.41) is 1.03. The molecule has 1 saturated heterocycles. The third kappa shape index (κ3) is 1.62. The second-order valence-electron chi connectivity index (χ2n) is 4.49. The molecule has 4 nitrogen and oxygen atoms in total. The molecule has 0 spiro atoms. The molecule has 0 saturated carbocycles. The molecular weight excluding hydrogens is 234 g/mol. The second kappa shape index (κ2) is 3.94. The van der Waals surface area contributed by atoms with Gasteiger partial charge in [0, 0.05) is 17.6 Å². The van der Waals surface area contributed by atoms with Crippen molar-refractivity contribution in [2.24, 2.45) is 5.73 Å². The van der Waals surface area contributed by atoms with Gasteiger partial charge in [-0.1, -0.05) is 0 Å². The number of H-pyrrole nitrogens is 1. The summed E-state index contributed by atoms with van der Waals surface area (Å²) in [5.41, 5.74) is 8.04. The van der Waals surface area contributed by atoms with Gasteiger partial charge in [-0.25, -0.2) is 4.98 Å². The van der Waals surface area contributed by atoms with E-state index in [0.717, 1.165) is 29.6 Å². The van der Waals surface area contributed by atoms with Crippen LogP contribution < -0.4 is 5.73 Å². The highest BCUT2D eigenvalue weighted by atomic mass is 32.1. The van der Waals surface area contributed by atoms with Crippen LogP contribution in [0.3, 0.4) is 0 Å². The molecule has 0 unspecified atom stereocenters. The lowest BCUT2D eigenvalue weighted by molar-refractivity contribution is -0.0535. The molecule has 0 radical (unpaired) electrons. The molecule has 0 atom stereocenters. The maximum absolute atomic E-state index is 5.89. The van der Waals surface area contributed by atoms with Crippen molar-refractivity contribution in [3.05, 3.63) is 28.9 Å². The number of rotatable bonds is 3. The van der Waals surface area contributed by atoms with Crippen LogP contribution in [0, 0.1) is 6.92 Å². The Morgan fingerprint density at radius 2 is 2.41 bits per heavy atom. The summed E-state index contributed by atoms with van der Waals surface area (Å²) in [7, 11) is 0. The molecule has 0 aliphatic carbocycles. The van der Waals surface area contributed by atoms with Crippen LogP contribution in [-0.2, 0) is 10.2 Å². The van der Waals surface area contributed by atoms with Gasteiger partial charge in [0.2, 0.25) is 0 Å². The number of aromatic nitrogens is 2. The molecule has 2 aromatic heterocycles. The first-order valence-electron chi connectivity index (χ1n) is 5.65. The first-order chi connectivity index (χ1) is 8.25. The lowest BCUT2D eigenvalue weighted by atomic mass is 9.84. The minimum atomic E-state index is 0.00654. The fourth-order valence-electron chi connectivity index (χ4n) is 2.16. The summed E-state index contributed by atoms with van der Waals surface area (Å²) in [6, 6.07) is 4.02. The van der Waals surface area contributed by atoms with E-state index >= 15 is 0 Å². The van der Waals surface area contributed by atoms with Crippen molar-refractivity contribution in [3.8, 4) is 10.7 Å². The van der Waals surface area contributed by atoms with Gasteiger partial charge >= 0.3 is 0 Å². The number of hydrogen-bond donors (Lipinski definition) is 2. The Hall–Kier alpha value is -1.17. The minimum absolute atomic E-state index is 0.00654. The van der Waals surface area contributed by atoms with Crippen LogP contribution in [0.15, 0.2) is 18.3 Å². The summed E-state index contributed by atoms with van der Waals surface area (Å²) in [4.78, 5) is 9.08. The van der Waals surface area contributed by atoms with Crippen LogP contribution in [0.2, 0.25) is 0 Å². The zero-order chi connectivity index (χ0) is 11.9. The number of nitrogens with two attached hydrogens (primary N) is 1. The van der Waals surface area contributed by atoms with Crippen molar-refractivity contribution >= 4 is 11.3 Å². The molecule has 17 heavy (non-hydrogen) atoms. The largest absolute Gasteiger partial charge is 0.379 e. The summed E-state index contributed by atoms with van der Waals surface area (Å²) in [6.45, 7) is 4.11. The van der Waals surface area contributed by atoms with Crippen molar-refractivity contribution in [1.82, 2.24) is 9.97 Å². The Bertz CT molecular complexity index is 508. The lowest BCUT2D eigenvalue weighted by Crippen LogP contribution is -2.52. The molecule has 3 rings (SSSR count). The van der Waals surface area contributed by atoms with E-state index in [1.54, 1.807) is 11.3 Å². The van der Waals surface area contributed by atoms with Crippen LogP contribution in [0.25, 0.3) is 10.7 Å². The van der Waals surface area contributed by atoms with Gasteiger partial charge in [0.15, 0.2) is 0 Å². The van der Waals surface area contributed by atoms with Gasteiger partial charge in [0.05, 0.1) is 30.0 Å². The highest BCUT2D eigenvalue weighted by Gasteiger charge is 2.42. The molecule has 3 heterocycles. The molecule has 90 valence electrons. The molecule has 5 heteroatoms. The van der Waals surface area contributed by atoms with Crippen LogP contribution in [-0.4, -0.2) is 29.7 Å². The summed E-state index contributed by atoms with van der Waals surface area (Å²) < 4.78 is 5.33. The van der Waals surface area contributed by atoms with Gasteiger partial charge in [-0.15, -0.1) is 11.3 Å². The first kappa shape index (κ1) is 11.0. The van der Waals surface area contributed by atoms with E-state index in [2.05, 4.69) is 9.97 Å². The zero-order valence-electron chi connectivity index (χ0n) is 9.69. The van der Waals surface area contributed by atoms with Gasteiger partial charge in [-0.2, -0.15) is 0 Å². The molecular formula is C12H15N3OS. The quantitative estimate of drug-likeness (QED) is 0.869. The Morgan fingerprint density at radius 3 is 2.94 bits per heavy atom. The van der Waals surface area contributed by atoms with Crippen molar-refractivity contribution in [2.45, 2.75) is 12.3 Å². The average Bonchev–Trinajstić information content (AvgIpc) is 2.87. The fraction of sp³-hybridized carbons (Fsp3) is 0.417. The molecule has 0 aromatic carbocycles. The van der Waals surface area contributed by atoms with Crippen LogP contribution in [0.5, 0.6) is 0 Å². The average molecular weight is 249 g/mol. The van der Waals surface area contributed by atoms with Crippen LogP contribution in [0.4, 0.5) is 0 Å². The van der Waals surface area contributed by atoms with Gasteiger partial charge in [0.25, 0.3) is 0 Å². The second-order valence-corrected chi connectivity index (χ2v) is 5.49. The first-order valence-corrected chi connectivity index (χ1v) is 6.46. The topological polar surface area (TPSA) is 63.9 Å². The predicted molar refractivity (Wildman–Crippen MR) is 68.2 cm³/mol. The highest BCUT2D eigenvalue weighted by Crippen LogP contribution is 2.39. The van der Waals surface area contributed by atoms with Gasteiger partial charge in [0.1, 0.15) is 5.01 Å². The molecule has 1 fully saturated rings. The van der Waals surface area contributed by atoms with E-state index < -0.39 is 0 Å². The Kier molecular flexibility index (Phi) is 2.54. The summed E-state index contributed by atoms with van der Waals surface area (Å²) in [5.74, 6) is 0. The lowest BCUT2D eigenvalue weighted by Gasteiger charge is -2.39. The number of hydrogen-bond acceptors (Lipinski definition) is 4. The number of ether oxygens (including phenoxy) is 1. The van der Waals surface area contributed by atoms with Gasteiger partial charge in [-0.3, -0.25) is 0 Å². The maximum Gasteiger partial charge on any atom is 0.140 e. The smallest absolute Gasteiger partial charge is 0.140 e. The molecule has 3 N–H and O–H groups in total. The SMILES string of the molecule is Cc1nc(-c2ccc[nH]2)sc1C1(CN)COC1. The highest BCUT2D eigenvalue weighted by molar-refractivity contribution is 7.15. The number of nitrogens with zero attached hydrogens (tertiary/aromatic N) is 1. The van der Waals surface area contributed by atoms with Crippen molar-refractivity contribution in [3.63, 3.8) is 0 Å². The van der Waals surface area contributed by atoms with E-state index in [0.29, 0.717) is 6.54 Å². The Morgan fingerprint density at radius 1 is 1.59 bits per heavy atom. The minimum Gasteiger partial charge on any atom is -0.379 e. The van der Waals surface area contributed by atoms with E-state index in [-0.39, 0.29) is 5.41 Å². The Labute approximate surface area is 104 Å². The number of aromatic amines is 1. The number of thiazole rings is 1. The predicted octanol–water partition coefficient (Wildman–Crippen LogP) is 1.67. The molecule has 0 bridgehead atoms. The zero-order valence-corrected chi connectivity index (χ0v) is 10.5. The standard InChI is InChI=1S/C12H15N3OS/c1-8-10(12(5-13)6-16-7-12)17-11(15-8)9-3-2-4-14-9/h2-4,14H,5-7,13H2,1H3.